The van der Waals surface area contributed by atoms with Gasteiger partial charge < -0.3 is 5.32 Å². The molecule has 1 amide bonds. The quantitative estimate of drug-likeness (QED) is 0.846. The van der Waals surface area contributed by atoms with E-state index in [1.807, 2.05) is 0 Å². The predicted molar refractivity (Wildman–Crippen MR) is 72.4 cm³/mol. The standard InChI is InChI=1S/C12H13F2N5OS/c1-7(9-4-3-8(13)5-10(9)14)15-11(20)6-21-12-16-17-18-19(12)2/h3-5,7H,6H2,1-2H3,(H,15,20)/t7-/m1/s1. The summed E-state index contributed by atoms with van der Waals surface area (Å²) in [7, 11) is 1.66. The highest BCUT2D eigenvalue weighted by Crippen LogP contribution is 2.18. The van der Waals surface area contributed by atoms with E-state index in [4.69, 9.17) is 0 Å². The molecule has 1 aromatic carbocycles. The number of halogens is 2. The summed E-state index contributed by atoms with van der Waals surface area (Å²) in [5.74, 6) is -1.53. The molecule has 0 aliphatic carbocycles. The minimum atomic E-state index is -0.687. The number of hydrogen-bond donors (Lipinski definition) is 1. The Balaban J connectivity index is 1.91. The Morgan fingerprint density at radius 1 is 1.48 bits per heavy atom. The molecule has 0 spiro atoms. The molecule has 0 aliphatic heterocycles. The molecule has 6 nitrogen and oxygen atoms in total. The zero-order valence-electron chi connectivity index (χ0n) is 11.4. The highest BCUT2D eigenvalue weighted by molar-refractivity contribution is 7.99. The average Bonchev–Trinajstić information content (AvgIpc) is 2.81. The lowest BCUT2D eigenvalue weighted by molar-refractivity contribution is -0.119. The molecule has 0 bridgehead atoms. The van der Waals surface area contributed by atoms with E-state index in [9.17, 15) is 13.6 Å². The number of nitrogens with one attached hydrogen (secondary N) is 1. The van der Waals surface area contributed by atoms with Crippen LogP contribution in [0.5, 0.6) is 0 Å². The molecular weight excluding hydrogens is 300 g/mol. The number of aryl methyl sites for hydroxylation is 1. The number of aromatic nitrogens is 4. The summed E-state index contributed by atoms with van der Waals surface area (Å²) in [4.78, 5) is 11.8. The van der Waals surface area contributed by atoms with Gasteiger partial charge in [0.15, 0.2) is 0 Å². The van der Waals surface area contributed by atoms with Gasteiger partial charge >= 0.3 is 0 Å². The van der Waals surface area contributed by atoms with Crippen molar-refractivity contribution in [3.05, 3.63) is 35.4 Å². The van der Waals surface area contributed by atoms with Gasteiger partial charge in [-0.3, -0.25) is 4.79 Å². The highest BCUT2D eigenvalue weighted by atomic mass is 32.2. The molecule has 1 atom stereocenters. The van der Waals surface area contributed by atoms with Gasteiger partial charge in [-0.1, -0.05) is 17.8 Å². The maximum Gasteiger partial charge on any atom is 0.230 e. The van der Waals surface area contributed by atoms with Crippen LogP contribution in [-0.4, -0.2) is 31.9 Å². The van der Waals surface area contributed by atoms with Crippen molar-refractivity contribution in [1.82, 2.24) is 25.5 Å². The second-order valence-electron chi connectivity index (χ2n) is 4.33. The first-order chi connectivity index (χ1) is 9.97. The molecule has 0 aliphatic rings. The van der Waals surface area contributed by atoms with E-state index in [1.54, 1.807) is 14.0 Å². The van der Waals surface area contributed by atoms with Crippen LogP contribution in [0, 0.1) is 11.6 Å². The third kappa shape index (κ3) is 3.97. The maximum atomic E-state index is 13.6. The van der Waals surface area contributed by atoms with Crippen molar-refractivity contribution in [1.29, 1.82) is 0 Å². The molecule has 2 aromatic rings. The van der Waals surface area contributed by atoms with Crippen molar-refractivity contribution >= 4 is 17.7 Å². The summed E-state index contributed by atoms with van der Waals surface area (Å²) in [6.45, 7) is 1.63. The molecule has 0 fully saturated rings. The van der Waals surface area contributed by atoms with Gasteiger partial charge in [-0.15, -0.1) is 5.10 Å². The van der Waals surface area contributed by atoms with Crippen LogP contribution in [0.15, 0.2) is 23.4 Å². The molecule has 0 saturated heterocycles. The van der Waals surface area contributed by atoms with E-state index >= 15 is 0 Å². The van der Waals surface area contributed by atoms with E-state index < -0.39 is 17.7 Å². The number of thioether (sulfide) groups is 1. The fraction of sp³-hybridized carbons (Fsp3) is 0.333. The molecule has 1 N–H and O–H groups in total. The van der Waals surface area contributed by atoms with Crippen LogP contribution in [0.2, 0.25) is 0 Å². The van der Waals surface area contributed by atoms with Gasteiger partial charge in [0.05, 0.1) is 11.8 Å². The maximum absolute atomic E-state index is 13.6. The Morgan fingerprint density at radius 2 is 2.24 bits per heavy atom. The summed E-state index contributed by atoms with van der Waals surface area (Å²) in [5.41, 5.74) is 0.232. The van der Waals surface area contributed by atoms with Crippen molar-refractivity contribution in [2.45, 2.75) is 18.1 Å². The van der Waals surface area contributed by atoms with Crippen molar-refractivity contribution in [2.75, 3.05) is 5.75 Å². The molecule has 1 heterocycles. The summed E-state index contributed by atoms with van der Waals surface area (Å²) in [6, 6.07) is 2.70. The molecule has 21 heavy (non-hydrogen) atoms. The summed E-state index contributed by atoms with van der Waals surface area (Å²) < 4.78 is 27.9. The third-order valence-electron chi connectivity index (χ3n) is 2.72. The van der Waals surface area contributed by atoms with Gasteiger partial charge in [0.1, 0.15) is 11.6 Å². The van der Waals surface area contributed by atoms with Gasteiger partial charge in [-0.2, -0.15) is 0 Å². The van der Waals surface area contributed by atoms with Crippen molar-refractivity contribution in [3.8, 4) is 0 Å². The van der Waals surface area contributed by atoms with Crippen molar-refractivity contribution < 1.29 is 13.6 Å². The summed E-state index contributed by atoms with van der Waals surface area (Å²) >= 11 is 1.17. The van der Waals surface area contributed by atoms with E-state index in [0.29, 0.717) is 5.16 Å². The van der Waals surface area contributed by atoms with E-state index in [1.165, 1.54) is 22.5 Å². The predicted octanol–water partition coefficient (Wildman–Crippen LogP) is 1.46. The molecule has 0 radical (unpaired) electrons. The lowest BCUT2D eigenvalue weighted by atomic mass is 10.1. The van der Waals surface area contributed by atoms with Gasteiger partial charge in [-0.25, -0.2) is 13.5 Å². The summed E-state index contributed by atoms with van der Waals surface area (Å²) in [6.07, 6.45) is 0. The first-order valence-electron chi connectivity index (χ1n) is 6.07. The molecule has 2 rings (SSSR count). The van der Waals surface area contributed by atoms with E-state index in [2.05, 4.69) is 20.8 Å². The lowest BCUT2D eigenvalue weighted by Crippen LogP contribution is -2.28. The zero-order valence-corrected chi connectivity index (χ0v) is 12.2. The Bertz CT molecular complexity index is 648. The number of carbonyl (C=O) groups excluding carboxylic acids is 1. The van der Waals surface area contributed by atoms with E-state index in [0.717, 1.165) is 12.1 Å². The van der Waals surface area contributed by atoms with Crippen LogP contribution >= 0.6 is 11.8 Å². The topological polar surface area (TPSA) is 72.7 Å². The second kappa shape index (κ2) is 6.61. The Hall–Kier alpha value is -2.03. The van der Waals surface area contributed by atoms with Crippen LogP contribution in [0.4, 0.5) is 8.78 Å². The number of amides is 1. The van der Waals surface area contributed by atoms with E-state index in [-0.39, 0.29) is 17.2 Å². The first kappa shape index (κ1) is 15.4. The summed E-state index contributed by atoms with van der Waals surface area (Å²) in [5, 5.41) is 14.0. The Labute approximate surface area is 123 Å². The lowest BCUT2D eigenvalue weighted by Gasteiger charge is -2.14. The van der Waals surface area contributed by atoms with Gasteiger partial charge in [0.2, 0.25) is 11.1 Å². The van der Waals surface area contributed by atoms with Crippen LogP contribution in [0.3, 0.4) is 0 Å². The fourth-order valence-electron chi connectivity index (χ4n) is 1.69. The minimum Gasteiger partial charge on any atom is -0.349 e. The van der Waals surface area contributed by atoms with Gasteiger partial charge in [0, 0.05) is 18.7 Å². The number of benzene rings is 1. The first-order valence-corrected chi connectivity index (χ1v) is 7.05. The number of hydrogen-bond acceptors (Lipinski definition) is 5. The Kier molecular flexibility index (Phi) is 4.84. The molecule has 112 valence electrons. The van der Waals surface area contributed by atoms with Crippen LogP contribution in [0.1, 0.15) is 18.5 Å². The molecular formula is C12H13F2N5OS. The van der Waals surface area contributed by atoms with Crippen molar-refractivity contribution in [3.63, 3.8) is 0 Å². The highest BCUT2D eigenvalue weighted by Gasteiger charge is 2.15. The number of carbonyl (C=O) groups is 1. The van der Waals surface area contributed by atoms with Crippen molar-refractivity contribution in [2.24, 2.45) is 7.05 Å². The van der Waals surface area contributed by atoms with Gasteiger partial charge in [-0.05, 0) is 23.4 Å². The third-order valence-corrected chi connectivity index (χ3v) is 3.73. The largest absolute Gasteiger partial charge is 0.349 e. The molecule has 0 saturated carbocycles. The SMILES string of the molecule is C[C@@H](NC(=O)CSc1nnnn1C)c1ccc(F)cc1F. The Morgan fingerprint density at radius 3 is 2.86 bits per heavy atom. The normalized spacial score (nSPS) is 12.2. The number of tetrazole rings is 1. The molecule has 9 heteroatoms. The fourth-order valence-corrected chi connectivity index (χ4v) is 2.35. The van der Waals surface area contributed by atoms with Gasteiger partial charge in [0.25, 0.3) is 0 Å². The second-order valence-corrected chi connectivity index (χ2v) is 5.27. The van der Waals surface area contributed by atoms with Crippen LogP contribution in [0.25, 0.3) is 0 Å². The number of rotatable bonds is 5. The average molecular weight is 313 g/mol. The smallest absolute Gasteiger partial charge is 0.230 e. The van der Waals surface area contributed by atoms with Crippen LogP contribution < -0.4 is 5.32 Å². The molecule has 0 unspecified atom stereocenters. The molecule has 1 aromatic heterocycles. The van der Waals surface area contributed by atoms with Crippen LogP contribution in [-0.2, 0) is 11.8 Å². The number of nitrogens with zero attached hydrogens (tertiary/aromatic N) is 4. The monoisotopic (exact) mass is 313 g/mol. The zero-order chi connectivity index (χ0) is 15.4. The minimum absolute atomic E-state index is 0.0986.